The molecule has 0 saturated heterocycles. The molecule has 0 fully saturated rings. The molecule has 35 heavy (non-hydrogen) atoms. The van der Waals surface area contributed by atoms with Crippen molar-refractivity contribution in [3.05, 3.63) is 113 Å². The highest BCUT2D eigenvalue weighted by Crippen LogP contribution is 2.50. The second-order valence-corrected chi connectivity index (χ2v) is 9.55. The summed E-state index contributed by atoms with van der Waals surface area (Å²) in [6.45, 7) is 4.81. The van der Waals surface area contributed by atoms with Gasteiger partial charge in [0.15, 0.2) is 0 Å². The highest BCUT2D eigenvalue weighted by atomic mass is 16.5. The lowest BCUT2D eigenvalue weighted by atomic mass is 9.76. The fourth-order valence-electron chi connectivity index (χ4n) is 5.64. The smallest absolute Gasteiger partial charge is 0.128 e. The average molecular weight is 459 g/mol. The number of allylic oxidation sites excluding steroid dienone is 2. The van der Waals surface area contributed by atoms with E-state index in [0.29, 0.717) is 24.5 Å². The number of aryl methyl sites for hydroxylation is 1. The predicted molar refractivity (Wildman–Crippen MR) is 146 cm³/mol. The Hall–Kier alpha value is -3.85. The molecule has 1 heterocycles. The van der Waals surface area contributed by atoms with E-state index < -0.39 is 0 Å². The van der Waals surface area contributed by atoms with Crippen LogP contribution in [0.1, 0.15) is 47.6 Å². The quantitative estimate of drug-likeness (QED) is 0.242. The van der Waals surface area contributed by atoms with Crippen molar-refractivity contribution < 1.29 is 4.74 Å². The fourth-order valence-corrected chi connectivity index (χ4v) is 5.64. The molecule has 0 spiro atoms. The summed E-state index contributed by atoms with van der Waals surface area (Å²) < 4.78 is 5.90. The number of nitrogens with zero attached hydrogens (tertiary/aromatic N) is 1. The fraction of sp³-hybridized carbons (Fsp3) is 0.219. The van der Waals surface area contributed by atoms with Crippen molar-refractivity contribution in [3.63, 3.8) is 0 Å². The maximum Gasteiger partial charge on any atom is 0.128 e. The Bertz CT molecular complexity index is 1430. The zero-order valence-corrected chi connectivity index (χ0v) is 20.2. The first-order valence-corrected chi connectivity index (χ1v) is 12.5. The van der Waals surface area contributed by atoms with E-state index in [4.69, 9.17) is 9.73 Å². The predicted octanol–water partition coefficient (Wildman–Crippen LogP) is 8.12. The van der Waals surface area contributed by atoms with Crippen molar-refractivity contribution in [2.45, 2.75) is 32.2 Å². The second kappa shape index (κ2) is 9.07. The van der Waals surface area contributed by atoms with Crippen LogP contribution >= 0.6 is 0 Å². The Labute approximate surface area is 207 Å². The van der Waals surface area contributed by atoms with E-state index in [0.717, 1.165) is 28.8 Å². The molecule has 3 heteroatoms. The van der Waals surface area contributed by atoms with Crippen LogP contribution in [0, 0.1) is 12.8 Å². The van der Waals surface area contributed by atoms with Gasteiger partial charge in [0.2, 0.25) is 0 Å². The van der Waals surface area contributed by atoms with Gasteiger partial charge in [-0.3, -0.25) is 4.99 Å². The molecule has 0 radical (unpaired) electrons. The number of fused-ring (bicyclic) bond motifs is 4. The number of anilines is 1. The van der Waals surface area contributed by atoms with Crippen LogP contribution < -0.4 is 10.1 Å². The van der Waals surface area contributed by atoms with Crippen LogP contribution in [0.5, 0.6) is 5.75 Å². The lowest BCUT2D eigenvalue weighted by Gasteiger charge is -2.37. The molecule has 2 aliphatic rings. The van der Waals surface area contributed by atoms with E-state index in [1.54, 1.807) is 0 Å². The summed E-state index contributed by atoms with van der Waals surface area (Å²) in [5.41, 5.74) is 7.29. The minimum Gasteiger partial charge on any atom is -0.493 e. The number of aliphatic imine (C=N–C) groups is 1. The molecule has 4 aromatic rings. The molecular weight excluding hydrogens is 428 g/mol. The van der Waals surface area contributed by atoms with Crippen LogP contribution in [0.25, 0.3) is 10.8 Å². The first-order chi connectivity index (χ1) is 17.2. The molecule has 3 nitrogen and oxygen atoms in total. The minimum absolute atomic E-state index is 0.297. The molecule has 6 rings (SSSR count). The summed E-state index contributed by atoms with van der Waals surface area (Å²) in [5, 5.41) is 6.17. The Morgan fingerprint density at radius 3 is 2.71 bits per heavy atom. The zero-order valence-electron chi connectivity index (χ0n) is 20.2. The van der Waals surface area contributed by atoms with Gasteiger partial charge in [0, 0.05) is 23.4 Å². The molecule has 0 amide bonds. The molecule has 1 aliphatic carbocycles. The van der Waals surface area contributed by atoms with Gasteiger partial charge in [-0.05, 0) is 72.4 Å². The molecule has 0 bridgehead atoms. The van der Waals surface area contributed by atoms with Gasteiger partial charge in [-0.25, -0.2) is 0 Å². The molecule has 1 aliphatic heterocycles. The standard InChI is InChI=1S/C32H30N2O/c1-3-35-31-18-14-22-7-4-5-8-25(22)29(31)20-33-24-15-12-23(13-16-24)32-27-10-6-9-26(27)28-19-21(2)11-17-30(28)34-32/h4-9,11-20,26-27,32,34H,3,10H2,1-2H3/t26-,27-,32-/m0/s1. The highest BCUT2D eigenvalue weighted by molar-refractivity contribution is 6.03. The van der Waals surface area contributed by atoms with E-state index in [9.17, 15) is 0 Å². The second-order valence-electron chi connectivity index (χ2n) is 9.55. The van der Waals surface area contributed by atoms with Crippen molar-refractivity contribution in [2.75, 3.05) is 11.9 Å². The molecule has 1 N–H and O–H groups in total. The van der Waals surface area contributed by atoms with Crippen LogP contribution in [-0.4, -0.2) is 12.8 Å². The van der Waals surface area contributed by atoms with Crippen LogP contribution in [-0.2, 0) is 0 Å². The van der Waals surface area contributed by atoms with Gasteiger partial charge >= 0.3 is 0 Å². The molecule has 0 aromatic heterocycles. The molecule has 174 valence electrons. The van der Waals surface area contributed by atoms with Crippen LogP contribution in [0.4, 0.5) is 11.4 Å². The van der Waals surface area contributed by atoms with Crippen molar-refractivity contribution in [1.29, 1.82) is 0 Å². The van der Waals surface area contributed by atoms with Crippen LogP contribution in [0.3, 0.4) is 0 Å². The SMILES string of the molecule is CCOc1ccc2ccccc2c1C=Nc1ccc([C@@H]2Nc3ccc(C)cc3[C@H]3C=CC[C@@H]32)cc1. The van der Waals surface area contributed by atoms with Gasteiger partial charge in [0.25, 0.3) is 0 Å². The molecule has 0 saturated carbocycles. The molecule has 4 aromatic carbocycles. The van der Waals surface area contributed by atoms with Crippen molar-refractivity contribution in [1.82, 2.24) is 0 Å². The summed E-state index contributed by atoms with van der Waals surface area (Å²) in [5.74, 6) is 1.90. The summed E-state index contributed by atoms with van der Waals surface area (Å²) in [6, 6.07) is 28.3. The van der Waals surface area contributed by atoms with E-state index in [1.807, 2.05) is 19.2 Å². The molecular formula is C32H30N2O. The van der Waals surface area contributed by atoms with Gasteiger partial charge in [-0.1, -0.05) is 72.3 Å². The van der Waals surface area contributed by atoms with Gasteiger partial charge < -0.3 is 10.1 Å². The maximum atomic E-state index is 5.90. The van der Waals surface area contributed by atoms with Crippen LogP contribution in [0.15, 0.2) is 96.0 Å². The van der Waals surface area contributed by atoms with Crippen molar-refractivity contribution in [3.8, 4) is 5.75 Å². The first kappa shape index (κ1) is 21.7. The Kier molecular flexibility index (Phi) is 5.61. The third-order valence-corrected chi connectivity index (χ3v) is 7.34. The molecule has 3 atom stereocenters. The number of nitrogens with one attached hydrogen (secondary N) is 1. The average Bonchev–Trinajstić information content (AvgIpc) is 3.39. The topological polar surface area (TPSA) is 33.6 Å². The molecule has 0 unspecified atom stereocenters. The monoisotopic (exact) mass is 458 g/mol. The van der Waals surface area contributed by atoms with Crippen LogP contribution in [0.2, 0.25) is 0 Å². The van der Waals surface area contributed by atoms with E-state index in [1.165, 1.54) is 27.8 Å². The number of hydrogen-bond acceptors (Lipinski definition) is 3. The maximum absolute atomic E-state index is 5.90. The lowest BCUT2D eigenvalue weighted by molar-refractivity contribution is 0.340. The number of rotatable bonds is 5. The van der Waals surface area contributed by atoms with E-state index >= 15 is 0 Å². The summed E-state index contributed by atoms with van der Waals surface area (Å²) >= 11 is 0. The third-order valence-electron chi connectivity index (χ3n) is 7.34. The van der Waals surface area contributed by atoms with Gasteiger partial charge in [-0.2, -0.15) is 0 Å². The minimum atomic E-state index is 0.297. The van der Waals surface area contributed by atoms with E-state index in [-0.39, 0.29) is 0 Å². The summed E-state index contributed by atoms with van der Waals surface area (Å²) in [4.78, 5) is 4.83. The number of benzene rings is 4. The van der Waals surface area contributed by atoms with Gasteiger partial charge in [0.05, 0.1) is 18.3 Å². The largest absolute Gasteiger partial charge is 0.493 e. The normalized spacial score (nSPS) is 20.6. The van der Waals surface area contributed by atoms with Crippen molar-refractivity contribution >= 4 is 28.4 Å². The lowest BCUT2D eigenvalue weighted by Crippen LogP contribution is -2.29. The van der Waals surface area contributed by atoms with Gasteiger partial charge in [-0.15, -0.1) is 0 Å². The number of ether oxygens (including phenoxy) is 1. The van der Waals surface area contributed by atoms with Gasteiger partial charge in [0.1, 0.15) is 5.75 Å². The summed E-state index contributed by atoms with van der Waals surface area (Å²) in [6.07, 6.45) is 7.80. The Morgan fingerprint density at radius 1 is 1.00 bits per heavy atom. The Balaban J connectivity index is 1.29. The summed E-state index contributed by atoms with van der Waals surface area (Å²) in [7, 11) is 0. The van der Waals surface area contributed by atoms with Crippen molar-refractivity contribution in [2.24, 2.45) is 10.9 Å². The van der Waals surface area contributed by atoms with E-state index in [2.05, 4.69) is 97.2 Å². The number of hydrogen-bond donors (Lipinski definition) is 1. The zero-order chi connectivity index (χ0) is 23.8. The highest BCUT2D eigenvalue weighted by Gasteiger charge is 2.37. The first-order valence-electron chi connectivity index (χ1n) is 12.5. The third kappa shape index (κ3) is 4.01. The Morgan fingerprint density at radius 2 is 1.86 bits per heavy atom.